The minimum Gasteiger partial charge on any atom is -0.446 e. The van der Waals surface area contributed by atoms with E-state index in [1.165, 1.54) is 11.3 Å². The van der Waals surface area contributed by atoms with E-state index in [0.717, 1.165) is 0 Å². The van der Waals surface area contributed by atoms with Crippen molar-refractivity contribution in [3.05, 3.63) is 58.3 Å². The van der Waals surface area contributed by atoms with Crippen molar-refractivity contribution in [2.45, 2.75) is 13.0 Å². The van der Waals surface area contributed by atoms with Crippen LogP contribution < -0.4 is 16.0 Å². The molecule has 0 saturated carbocycles. The summed E-state index contributed by atoms with van der Waals surface area (Å²) in [6.07, 6.45) is -1.32. The zero-order chi connectivity index (χ0) is 19.6. The number of rotatable bonds is 7. The first-order chi connectivity index (χ1) is 13.0. The van der Waals surface area contributed by atoms with Gasteiger partial charge in [-0.25, -0.2) is 4.79 Å². The monoisotopic (exact) mass is 389 g/mol. The quantitative estimate of drug-likeness (QED) is 0.623. The van der Waals surface area contributed by atoms with Crippen LogP contribution in [0.15, 0.2) is 47.8 Å². The molecule has 0 unspecified atom stereocenters. The normalized spacial score (nSPS) is 11.1. The number of nitrogens with one attached hydrogen (secondary N) is 3. The molecule has 1 aromatic carbocycles. The molecule has 1 heterocycles. The van der Waals surface area contributed by atoms with Gasteiger partial charge in [-0.15, -0.1) is 11.3 Å². The topological polar surface area (TPSA) is 114 Å². The van der Waals surface area contributed by atoms with E-state index in [9.17, 15) is 19.2 Å². The van der Waals surface area contributed by atoms with Crippen molar-refractivity contribution in [3.63, 3.8) is 0 Å². The molecule has 0 radical (unpaired) electrons. The van der Waals surface area contributed by atoms with Crippen molar-refractivity contribution in [2.75, 3.05) is 13.1 Å². The van der Waals surface area contributed by atoms with E-state index < -0.39 is 36.5 Å². The number of esters is 1. The predicted octanol–water partition coefficient (Wildman–Crippen LogP) is 1.61. The van der Waals surface area contributed by atoms with E-state index in [0.29, 0.717) is 17.0 Å². The summed E-state index contributed by atoms with van der Waals surface area (Å²) in [4.78, 5) is 48.4. The van der Waals surface area contributed by atoms with E-state index >= 15 is 0 Å². The molecular formula is C18H19N3O5S. The zero-order valence-corrected chi connectivity index (χ0v) is 15.4. The Bertz CT molecular complexity index is 793. The highest BCUT2D eigenvalue weighted by Crippen LogP contribution is 2.17. The average Bonchev–Trinajstić information content (AvgIpc) is 3.19. The molecule has 27 heavy (non-hydrogen) atoms. The van der Waals surface area contributed by atoms with E-state index in [1.54, 1.807) is 54.8 Å². The summed E-state index contributed by atoms with van der Waals surface area (Å²) in [6, 6.07) is 10.9. The van der Waals surface area contributed by atoms with Gasteiger partial charge in [0.05, 0.1) is 4.88 Å². The Balaban J connectivity index is 2.00. The van der Waals surface area contributed by atoms with Crippen molar-refractivity contribution in [3.8, 4) is 0 Å². The highest BCUT2D eigenvalue weighted by molar-refractivity contribution is 7.12. The molecule has 2 rings (SSSR count). The van der Waals surface area contributed by atoms with Crippen LogP contribution in [-0.4, -0.2) is 36.9 Å². The molecular weight excluding hydrogens is 370 g/mol. The molecule has 1 atom stereocenters. The molecule has 0 aliphatic heterocycles. The minimum atomic E-state index is -1.32. The number of urea groups is 1. The Hall–Kier alpha value is -3.20. The lowest BCUT2D eigenvalue weighted by Gasteiger charge is -2.17. The first-order valence-electron chi connectivity index (χ1n) is 8.16. The highest BCUT2D eigenvalue weighted by Gasteiger charge is 2.26. The van der Waals surface area contributed by atoms with Crippen molar-refractivity contribution < 1.29 is 23.9 Å². The summed E-state index contributed by atoms with van der Waals surface area (Å²) in [5.41, 5.74) is 0.400. The third-order valence-electron chi connectivity index (χ3n) is 3.30. The molecule has 0 spiro atoms. The second-order valence-electron chi connectivity index (χ2n) is 5.29. The number of amides is 4. The number of benzene rings is 1. The summed E-state index contributed by atoms with van der Waals surface area (Å²) in [7, 11) is 0. The van der Waals surface area contributed by atoms with Crippen LogP contribution in [0.25, 0.3) is 0 Å². The molecule has 3 N–H and O–H groups in total. The van der Waals surface area contributed by atoms with Crippen LogP contribution in [-0.2, 0) is 14.3 Å². The molecule has 8 nitrogen and oxygen atoms in total. The molecule has 9 heteroatoms. The van der Waals surface area contributed by atoms with Crippen LogP contribution in [0.2, 0.25) is 0 Å². The number of hydrogen-bond acceptors (Lipinski definition) is 6. The minimum absolute atomic E-state index is 0.337. The number of ether oxygens (including phenoxy) is 1. The Kier molecular flexibility index (Phi) is 7.50. The molecule has 0 bridgehead atoms. The van der Waals surface area contributed by atoms with Crippen molar-refractivity contribution in [2.24, 2.45) is 0 Å². The largest absolute Gasteiger partial charge is 0.446 e. The van der Waals surface area contributed by atoms with Gasteiger partial charge in [0, 0.05) is 12.1 Å². The van der Waals surface area contributed by atoms with Gasteiger partial charge >= 0.3 is 12.0 Å². The Morgan fingerprint density at radius 2 is 1.78 bits per heavy atom. The lowest BCUT2D eigenvalue weighted by Crippen LogP contribution is -2.43. The van der Waals surface area contributed by atoms with Crippen LogP contribution in [0, 0.1) is 0 Å². The molecule has 0 saturated heterocycles. The number of hydrogen-bond donors (Lipinski definition) is 3. The maximum absolute atomic E-state index is 12.4. The third kappa shape index (κ3) is 6.23. The van der Waals surface area contributed by atoms with Gasteiger partial charge in [-0.05, 0) is 18.4 Å². The lowest BCUT2D eigenvalue weighted by molar-refractivity contribution is -0.155. The first-order valence-corrected chi connectivity index (χ1v) is 9.04. The van der Waals surface area contributed by atoms with E-state index in [2.05, 4.69) is 16.0 Å². The average molecular weight is 389 g/mol. The van der Waals surface area contributed by atoms with Gasteiger partial charge < -0.3 is 15.4 Å². The van der Waals surface area contributed by atoms with Gasteiger partial charge in [0.1, 0.15) is 6.54 Å². The van der Waals surface area contributed by atoms with Gasteiger partial charge in [0.2, 0.25) is 6.10 Å². The number of carbonyl (C=O) groups is 4. The smallest absolute Gasteiger partial charge is 0.326 e. The lowest BCUT2D eigenvalue weighted by atomic mass is 10.1. The van der Waals surface area contributed by atoms with Crippen LogP contribution in [0.1, 0.15) is 28.3 Å². The predicted molar refractivity (Wildman–Crippen MR) is 99.1 cm³/mol. The van der Waals surface area contributed by atoms with Gasteiger partial charge in [-0.2, -0.15) is 0 Å². The van der Waals surface area contributed by atoms with Crippen molar-refractivity contribution in [1.29, 1.82) is 0 Å². The Labute approximate surface area is 159 Å². The maximum atomic E-state index is 12.4. The molecule has 2 aromatic rings. The summed E-state index contributed by atoms with van der Waals surface area (Å²) in [6.45, 7) is 1.63. The fourth-order valence-corrected chi connectivity index (χ4v) is 2.74. The van der Waals surface area contributed by atoms with Gasteiger partial charge in [0.25, 0.3) is 11.8 Å². The van der Waals surface area contributed by atoms with Crippen LogP contribution in [0.3, 0.4) is 0 Å². The molecule has 0 aliphatic carbocycles. The van der Waals surface area contributed by atoms with E-state index in [1.807, 2.05) is 0 Å². The molecule has 0 aliphatic rings. The number of carbonyl (C=O) groups excluding carboxylic acids is 4. The summed E-state index contributed by atoms with van der Waals surface area (Å²) < 4.78 is 5.20. The van der Waals surface area contributed by atoms with Crippen molar-refractivity contribution in [1.82, 2.24) is 16.0 Å². The summed E-state index contributed by atoms with van der Waals surface area (Å²) >= 11 is 1.24. The Morgan fingerprint density at radius 1 is 1.04 bits per heavy atom. The van der Waals surface area contributed by atoms with Gasteiger partial charge in [0.15, 0.2) is 0 Å². The van der Waals surface area contributed by atoms with E-state index in [4.69, 9.17) is 4.74 Å². The van der Waals surface area contributed by atoms with Gasteiger partial charge in [-0.3, -0.25) is 19.7 Å². The molecule has 1 aromatic heterocycles. The van der Waals surface area contributed by atoms with Crippen molar-refractivity contribution >= 4 is 35.2 Å². The second-order valence-corrected chi connectivity index (χ2v) is 6.24. The first kappa shape index (κ1) is 20.1. The third-order valence-corrected chi connectivity index (χ3v) is 4.17. The number of imide groups is 1. The summed E-state index contributed by atoms with van der Waals surface area (Å²) in [5, 5.41) is 8.71. The fourth-order valence-electron chi connectivity index (χ4n) is 2.10. The fraction of sp³-hybridized carbons (Fsp3) is 0.222. The Morgan fingerprint density at radius 3 is 2.41 bits per heavy atom. The SMILES string of the molecule is CCNC(=O)NC(=O)[C@H](OC(=O)CNC(=O)c1cccs1)c1ccccc1. The second kappa shape index (κ2) is 10.1. The zero-order valence-electron chi connectivity index (χ0n) is 14.6. The molecule has 0 fully saturated rings. The molecule has 142 valence electrons. The maximum Gasteiger partial charge on any atom is 0.326 e. The van der Waals surface area contributed by atoms with Crippen LogP contribution in [0.4, 0.5) is 4.79 Å². The van der Waals surface area contributed by atoms with Crippen LogP contribution >= 0.6 is 11.3 Å². The van der Waals surface area contributed by atoms with Gasteiger partial charge in [-0.1, -0.05) is 36.4 Å². The number of thiophene rings is 1. The highest BCUT2D eigenvalue weighted by atomic mass is 32.1. The summed E-state index contributed by atoms with van der Waals surface area (Å²) in [5.74, 6) is -2.00. The van der Waals surface area contributed by atoms with E-state index in [-0.39, 0.29) is 0 Å². The standard InChI is InChI=1S/C18H19N3O5S/c1-2-19-18(25)21-17(24)15(12-7-4-3-5-8-12)26-14(22)11-20-16(23)13-9-6-10-27-13/h3-10,15H,2,11H2,1H3,(H,20,23)(H2,19,21,24,25)/t15-/m1/s1. The van der Waals surface area contributed by atoms with Crippen LogP contribution in [0.5, 0.6) is 0 Å². The molecule has 4 amide bonds.